The number of carbonyl (C=O) groups is 4. The summed E-state index contributed by atoms with van der Waals surface area (Å²) in [7, 11) is 0. The van der Waals surface area contributed by atoms with Crippen LogP contribution in [0.5, 0.6) is 0 Å². The van der Waals surface area contributed by atoms with E-state index in [-0.39, 0.29) is 81.6 Å². The normalized spacial score (nSPS) is 20.9. The van der Waals surface area contributed by atoms with Gasteiger partial charge in [-0.05, 0) is 10.4 Å². The third-order valence-corrected chi connectivity index (χ3v) is 5.04. The zero-order valence-corrected chi connectivity index (χ0v) is 18.4. The summed E-state index contributed by atoms with van der Waals surface area (Å²) in [5, 5.41) is 23.8. The Morgan fingerprint density at radius 3 is 2.78 bits per heavy atom. The molecule has 2 aliphatic heterocycles. The second-order valence-corrected chi connectivity index (χ2v) is 6.59. The third-order valence-electron chi connectivity index (χ3n) is 3.70. The average molecular weight is 420 g/mol. The number of β-lactam (4-membered cyclic amide) rings is 1. The fourth-order valence-corrected chi connectivity index (χ4v) is 3.92. The largest absolute Gasteiger partial charge is 1.00 e. The number of hydrogen-bond donors (Lipinski definition) is 1. The fourth-order valence-electron chi connectivity index (χ4n) is 2.59. The monoisotopic (exact) mass is 420 g/mol. The van der Waals surface area contributed by atoms with Gasteiger partial charge in [-0.25, -0.2) is 4.68 Å². The molecule has 0 radical (unpaired) electrons. The van der Waals surface area contributed by atoms with Crippen molar-refractivity contribution in [1.82, 2.24) is 30.4 Å². The number of amides is 2. The van der Waals surface area contributed by atoms with E-state index < -0.39 is 35.2 Å². The number of carboxylic acid groups (broad SMARTS) is 1. The molecular weight excluding hydrogens is 407 g/mol. The number of carboxylic acids is 1. The van der Waals surface area contributed by atoms with Crippen LogP contribution < -0.4 is 61.8 Å². The van der Waals surface area contributed by atoms with Gasteiger partial charge in [0, 0.05) is 18.2 Å². The predicted molar refractivity (Wildman–Crippen MR) is 81.5 cm³/mol. The molecule has 3 rings (SSSR count). The number of tetrazole rings is 1. The van der Waals surface area contributed by atoms with E-state index in [0.29, 0.717) is 0 Å². The first-order chi connectivity index (χ1) is 12.4. The number of esters is 1. The van der Waals surface area contributed by atoms with E-state index in [4.69, 9.17) is 4.74 Å². The van der Waals surface area contributed by atoms with Crippen LogP contribution in [0.15, 0.2) is 17.6 Å². The van der Waals surface area contributed by atoms with Crippen LogP contribution in [-0.2, 0) is 30.5 Å². The number of nitrogens with zero attached hydrogens (tertiary/aromatic N) is 5. The fraction of sp³-hybridized carbons (Fsp3) is 0.462. The number of carbonyl (C=O) groups excluding carboxylic acids is 4. The first-order valence-electron chi connectivity index (χ1n) is 7.40. The van der Waals surface area contributed by atoms with Crippen molar-refractivity contribution < 1.29 is 80.4 Å². The third kappa shape index (κ3) is 4.75. The molecule has 1 saturated heterocycles. The van der Waals surface area contributed by atoms with Crippen molar-refractivity contribution >= 4 is 35.5 Å². The van der Waals surface area contributed by atoms with Crippen LogP contribution in [0.3, 0.4) is 0 Å². The molecule has 3 heterocycles. The number of nitrogens with one attached hydrogen (secondary N) is 1. The van der Waals surface area contributed by atoms with Crippen molar-refractivity contribution in [2.24, 2.45) is 0 Å². The molecule has 1 N–H and O–H groups in total. The summed E-state index contributed by atoms with van der Waals surface area (Å²) in [6.45, 7) is 0.788. The molecule has 14 heteroatoms. The quantitative estimate of drug-likeness (QED) is 0.266. The minimum absolute atomic E-state index is 0. The molecule has 2 atom stereocenters. The van der Waals surface area contributed by atoms with Gasteiger partial charge < -0.3 is 20.0 Å². The zero-order chi connectivity index (χ0) is 18.8. The summed E-state index contributed by atoms with van der Waals surface area (Å²) < 4.78 is 6.01. The van der Waals surface area contributed by atoms with E-state index in [0.717, 1.165) is 4.90 Å². The summed E-state index contributed by atoms with van der Waals surface area (Å²) in [6.07, 6.45) is 1.25. The molecule has 0 bridgehead atoms. The van der Waals surface area contributed by atoms with Crippen molar-refractivity contribution in [2.45, 2.75) is 24.9 Å². The van der Waals surface area contributed by atoms with Gasteiger partial charge in [0.2, 0.25) is 5.91 Å². The SMILES string of the molecule is CC(=O)OCC1=C(C(=O)[O-])N2C(=O)[C@H](NC(=O)Cn3cnnn3)[C@H]2SC1.[K+]. The summed E-state index contributed by atoms with van der Waals surface area (Å²) in [5.74, 6) is -2.94. The van der Waals surface area contributed by atoms with Crippen LogP contribution in [0.4, 0.5) is 0 Å². The summed E-state index contributed by atoms with van der Waals surface area (Å²) in [5.41, 5.74) is -0.0424. The Kier molecular flexibility index (Phi) is 7.52. The molecule has 1 fully saturated rings. The molecular formula is C13H13KN6O6S. The van der Waals surface area contributed by atoms with Gasteiger partial charge in [0.15, 0.2) is 0 Å². The van der Waals surface area contributed by atoms with Crippen LogP contribution in [0.2, 0.25) is 0 Å². The minimum Gasteiger partial charge on any atom is -0.543 e. The van der Waals surface area contributed by atoms with Crippen LogP contribution in [0, 0.1) is 0 Å². The number of hydrogen-bond acceptors (Lipinski definition) is 10. The second-order valence-electron chi connectivity index (χ2n) is 5.48. The van der Waals surface area contributed by atoms with Crippen molar-refractivity contribution in [1.29, 1.82) is 0 Å². The Bertz CT molecular complexity index is 799. The molecule has 0 spiro atoms. The van der Waals surface area contributed by atoms with Crippen LogP contribution in [-0.4, -0.2) is 72.6 Å². The topological polar surface area (TPSA) is 159 Å². The number of aromatic nitrogens is 4. The van der Waals surface area contributed by atoms with Gasteiger partial charge in [-0.15, -0.1) is 16.9 Å². The molecule has 1 aromatic heterocycles. The number of rotatable bonds is 6. The molecule has 2 aliphatic rings. The van der Waals surface area contributed by atoms with E-state index in [1.54, 1.807) is 0 Å². The van der Waals surface area contributed by atoms with Gasteiger partial charge >= 0.3 is 57.4 Å². The summed E-state index contributed by atoms with van der Waals surface area (Å²) in [4.78, 5) is 47.8. The van der Waals surface area contributed by atoms with Gasteiger partial charge in [0.1, 0.15) is 30.9 Å². The van der Waals surface area contributed by atoms with Gasteiger partial charge in [-0.1, -0.05) is 0 Å². The molecule has 1 aromatic rings. The number of ether oxygens (including phenoxy) is 1. The standard InChI is InChI=1S/C13H14N6O6S.K/c1-6(20)25-3-7-4-26-12-9(11(22)19(12)10(7)13(23)24)15-8(21)2-18-5-14-16-17-18;/h5,9,12H,2-4H2,1H3,(H,15,21)(H,23,24);/q;+1/p-1/t9-,12+;/m0./s1. The van der Waals surface area contributed by atoms with Crippen LogP contribution in [0.1, 0.15) is 6.92 Å². The summed E-state index contributed by atoms with van der Waals surface area (Å²) >= 11 is 1.26. The van der Waals surface area contributed by atoms with Crippen molar-refractivity contribution in [3.05, 3.63) is 17.6 Å². The molecule has 27 heavy (non-hydrogen) atoms. The van der Waals surface area contributed by atoms with Crippen molar-refractivity contribution in [3.8, 4) is 0 Å². The van der Waals surface area contributed by atoms with Crippen LogP contribution >= 0.6 is 11.8 Å². The Labute approximate surface area is 199 Å². The van der Waals surface area contributed by atoms with E-state index in [2.05, 4.69) is 20.8 Å². The van der Waals surface area contributed by atoms with Crippen LogP contribution in [0.25, 0.3) is 0 Å². The maximum atomic E-state index is 12.4. The number of thioether (sulfide) groups is 1. The number of aliphatic carboxylic acids is 1. The van der Waals surface area contributed by atoms with Gasteiger partial charge in [-0.2, -0.15) is 0 Å². The average Bonchev–Trinajstić information content (AvgIpc) is 3.09. The van der Waals surface area contributed by atoms with E-state index >= 15 is 0 Å². The molecule has 0 aromatic carbocycles. The Hall–Kier alpha value is -1.32. The maximum absolute atomic E-state index is 12.4. The van der Waals surface area contributed by atoms with Crippen molar-refractivity contribution in [2.75, 3.05) is 12.4 Å². The molecule has 12 nitrogen and oxygen atoms in total. The van der Waals surface area contributed by atoms with Gasteiger partial charge in [0.25, 0.3) is 5.91 Å². The molecule has 2 amide bonds. The smallest absolute Gasteiger partial charge is 0.543 e. The Balaban J connectivity index is 0.00000261. The molecule has 0 saturated carbocycles. The molecule has 138 valence electrons. The van der Waals surface area contributed by atoms with Gasteiger partial charge in [0.05, 0.1) is 11.7 Å². The zero-order valence-electron chi connectivity index (χ0n) is 14.4. The minimum atomic E-state index is -1.54. The van der Waals surface area contributed by atoms with Crippen molar-refractivity contribution in [3.63, 3.8) is 0 Å². The first kappa shape index (κ1) is 22.0. The maximum Gasteiger partial charge on any atom is 1.00 e. The predicted octanol–water partition coefficient (Wildman–Crippen LogP) is -6.36. The second kappa shape index (κ2) is 9.25. The van der Waals surface area contributed by atoms with Gasteiger partial charge in [-0.3, -0.25) is 19.3 Å². The van der Waals surface area contributed by atoms with E-state index in [1.807, 2.05) is 0 Å². The summed E-state index contributed by atoms with van der Waals surface area (Å²) in [6, 6.07) is -0.867. The first-order valence-corrected chi connectivity index (χ1v) is 8.45. The van der Waals surface area contributed by atoms with E-state index in [1.165, 1.54) is 29.7 Å². The molecule has 0 unspecified atom stereocenters. The Morgan fingerprint density at radius 1 is 1.44 bits per heavy atom. The molecule has 0 aliphatic carbocycles. The Morgan fingerprint density at radius 2 is 2.19 bits per heavy atom. The van der Waals surface area contributed by atoms with E-state index in [9.17, 15) is 24.3 Å². The number of fused-ring (bicyclic) bond motifs is 1.